The highest BCUT2D eigenvalue weighted by atomic mass is 79.9. The van der Waals surface area contributed by atoms with Gasteiger partial charge in [0.15, 0.2) is 0 Å². The SMILES string of the molecule is CC(O)c1ccc(Br)cc1N(C)Cc1cccc(F)c1. The number of hydrogen-bond acceptors (Lipinski definition) is 2. The fourth-order valence-electron chi connectivity index (χ4n) is 2.20. The highest BCUT2D eigenvalue weighted by molar-refractivity contribution is 9.10. The molecule has 2 aromatic carbocycles. The molecule has 20 heavy (non-hydrogen) atoms. The van der Waals surface area contributed by atoms with E-state index in [1.165, 1.54) is 12.1 Å². The molecule has 0 saturated carbocycles. The number of halogens is 2. The van der Waals surface area contributed by atoms with Crippen molar-refractivity contribution in [2.75, 3.05) is 11.9 Å². The lowest BCUT2D eigenvalue weighted by molar-refractivity contribution is 0.199. The number of benzene rings is 2. The lowest BCUT2D eigenvalue weighted by Crippen LogP contribution is -2.18. The van der Waals surface area contributed by atoms with Gasteiger partial charge in [0.1, 0.15) is 5.82 Å². The van der Waals surface area contributed by atoms with E-state index in [1.54, 1.807) is 13.0 Å². The molecule has 0 heterocycles. The third-order valence-electron chi connectivity index (χ3n) is 3.16. The van der Waals surface area contributed by atoms with Crippen LogP contribution in [0.5, 0.6) is 0 Å². The van der Waals surface area contributed by atoms with Crippen molar-refractivity contribution >= 4 is 21.6 Å². The van der Waals surface area contributed by atoms with Crippen LogP contribution in [0.15, 0.2) is 46.9 Å². The fraction of sp³-hybridized carbons (Fsp3) is 0.250. The lowest BCUT2D eigenvalue weighted by atomic mass is 10.1. The Bertz CT molecular complexity index is 601. The summed E-state index contributed by atoms with van der Waals surface area (Å²) in [5, 5.41) is 9.85. The van der Waals surface area contributed by atoms with Gasteiger partial charge in [-0.15, -0.1) is 0 Å². The minimum absolute atomic E-state index is 0.235. The van der Waals surface area contributed by atoms with Crippen LogP contribution in [0.3, 0.4) is 0 Å². The van der Waals surface area contributed by atoms with Crippen molar-refractivity contribution in [3.63, 3.8) is 0 Å². The first kappa shape index (κ1) is 15.0. The van der Waals surface area contributed by atoms with Gasteiger partial charge >= 0.3 is 0 Å². The second-order valence-electron chi connectivity index (χ2n) is 4.87. The van der Waals surface area contributed by atoms with E-state index in [1.807, 2.05) is 36.2 Å². The monoisotopic (exact) mass is 337 g/mol. The standard InChI is InChI=1S/C16H17BrFNO/c1-11(20)15-7-6-13(17)9-16(15)19(2)10-12-4-3-5-14(18)8-12/h3-9,11,20H,10H2,1-2H3. The predicted octanol–water partition coefficient (Wildman–Crippen LogP) is 4.28. The Morgan fingerprint density at radius 2 is 2.00 bits per heavy atom. The maximum Gasteiger partial charge on any atom is 0.123 e. The Morgan fingerprint density at radius 1 is 1.25 bits per heavy atom. The van der Waals surface area contributed by atoms with E-state index >= 15 is 0 Å². The van der Waals surface area contributed by atoms with Crippen LogP contribution in [0, 0.1) is 5.82 Å². The van der Waals surface area contributed by atoms with Crippen LogP contribution in [0.2, 0.25) is 0 Å². The zero-order valence-electron chi connectivity index (χ0n) is 11.5. The molecule has 0 aliphatic carbocycles. The summed E-state index contributed by atoms with van der Waals surface area (Å²) in [6.45, 7) is 2.32. The van der Waals surface area contributed by atoms with Crippen molar-refractivity contribution in [2.45, 2.75) is 19.6 Å². The van der Waals surface area contributed by atoms with Crippen molar-refractivity contribution in [1.29, 1.82) is 0 Å². The summed E-state index contributed by atoms with van der Waals surface area (Å²) < 4.78 is 14.2. The smallest absolute Gasteiger partial charge is 0.123 e. The van der Waals surface area contributed by atoms with Crippen LogP contribution in [0.25, 0.3) is 0 Å². The molecule has 0 fully saturated rings. The van der Waals surface area contributed by atoms with Gasteiger partial charge in [0.25, 0.3) is 0 Å². The van der Waals surface area contributed by atoms with Crippen LogP contribution in [0.4, 0.5) is 10.1 Å². The lowest BCUT2D eigenvalue weighted by Gasteiger charge is -2.24. The largest absolute Gasteiger partial charge is 0.389 e. The summed E-state index contributed by atoms with van der Waals surface area (Å²) in [4.78, 5) is 2.00. The molecule has 1 N–H and O–H groups in total. The van der Waals surface area contributed by atoms with Crippen molar-refractivity contribution in [3.8, 4) is 0 Å². The van der Waals surface area contributed by atoms with Gasteiger partial charge in [-0.2, -0.15) is 0 Å². The topological polar surface area (TPSA) is 23.5 Å². The van der Waals surface area contributed by atoms with E-state index < -0.39 is 6.10 Å². The van der Waals surface area contributed by atoms with E-state index in [4.69, 9.17) is 0 Å². The molecule has 2 nitrogen and oxygen atoms in total. The van der Waals surface area contributed by atoms with E-state index in [2.05, 4.69) is 15.9 Å². The Kier molecular flexibility index (Phi) is 4.78. The molecule has 0 bridgehead atoms. The molecule has 2 rings (SSSR count). The predicted molar refractivity (Wildman–Crippen MR) is 83.3 cm³/mol. The molecule has 0 aromatic heterocycles. The second kappa shape index (κ2) is 6.37. The van der Waals surface area contributed by atoms with Crippen LogP contribution >= 0.6 is 15.9 Å². The number of nitrogens with zero attached hydrogens (tertiary/aromatic N) is 1. The molecule has 0 saturated heterocycles. The van der Waals surface area contributed by atoms with Crippen molar-refractivity contribution in [2.24, 2.45) is 0 Å². The average molecular weight is 338 g/mol. The maximum absolute atomic E-state index is 13.2. The van der Waals surface area contributed by atoms with Gasteiger partial charge < -0.3 is 10.0 Å². The summed E-state index contributed by atoms with van der Waals surface area (Å²) in [7, 11) is 1.93. The molecule has 0 spiro atoms. The molecule has 2 aromatic rings. The number of hydrogen-bond donors (Lipinski definition) is 1. The third-order valence-corrected chi connectivity index (χ3v) is 3.66. The summed E-state index contributed by atoms with van der Waals surface area (Å²) in [6, 6.07) is 12.3. The van der Waals surface area contributed by atoms with Crippen LogP contribution in [-0.4, -0.2) is 12.2 Å². The van der Waals surface area contributed by atoms with E-state index in [9.17, 15) is 9.50 Å². The van der Waals surface area contributed by atoms with E-state index in [0.717, 1.165) is 21.3 Å². The molecule has 0 radical (unpaired) electrons. The van der Waals surface area contributed by atoms with Crippen LogP contribution in [0.1, 0.15) is 24.2 Å². The summed E-state index contributed by atoms with van der Waals surface area (Å²) in [5.74, 6) is -0.235. The third kappa shape index (κ3) is 3.58. The highest BCUT2D eigenvalue weighted by Crippen LogP contribution is 2.30. The normalized spacial score (nSPS) is 12.2. The minimum atomic E-state index is -0.548. The van der Waals surface area contributed by atoms with Gasteiger partial charge in [-0.05, 0) is 36.8 Å². The molecular formula is C16H17BrFNO. The molecular weight excluding hydrogens is 321 g/mol. The summed E-state index contributed by atoms with van der Waals surface area (Å²) in [5.41, 5.74) is 2.68. The first-order chi connectivity index (χ1) is 9.47. The van der Waals surface area contributed by atoms with Crippen molar-refractivity contribution in [1.82, 2.24) is 0 Å². The Labute approximate surface area is 127 Å². The van der Waals surface area contributed by atoms with Gasteiger partial charge in [-0.25, -0.2) is 4.39 Å². The summed E-state index contributed by atoms with van der Waals surface area (Å²) >= 11 is 3.44. The second-order valence-corrected chi connectivity index (χ2v) is 5.78. The molecule has 0 aliphatic rings. The zero-order valence-corrected chi connectivity index (χ0v) is 13.1. The first-order valence-corrected chi connectivity index (χ1v) is 7.20. The fourth-order valence-corrected chi connectivity index (χ4v) is 2.54. The molecule has 4 heteroatoms. The van der Waals surface area contributed by atoms with Gasteiger partial charge in [0.05, 0.1) is 6.10 Å². The summed E-state index contributed by atoms with van der Waals surface area (Å²) in [6.07, 6.45) is -0.548. The van der Waals surface area contributed by atoms with Crippen molar-refractivity contribution in [3.05, 3.63) is 63.9 Å². The molecule has 0 amide bonds. The zero-order chi connectivity index (χ0) is 14.7. The Morgan fingerprint density at radius 3 is 2.65 bits per heavy atom. The quantitative estimate of drug-likeness (QED) is 0.900. The highest BCUT2D eigenvalue weighted by Gasteiger charge is 2.12. The molecule has 1 atom stereocenters. The van der Waals surface area contributed by atoms with E-state index in [0.29, 0.717) is 6.54 Å². The van der Waals surface area contributed by atoms with E-state index in [-0.39, 0.29) is 5.82 Å². The Hall–Kier alpha value is -1.39. The minimum Gasteiger partial charge on any atom is -0.389 e. The first-order valence-electron chi connectivity index (χ1n) is 6.40. The average Bonchev–Trinajstić information content (AvgIpc) is 2.38. The van der Waals surface area contributed by atoms with Gasteiger partial charge in [-0.1, -0.05) is 34.1 Å². The van der Waals surface area contributed by atoms with Gasteiger partial charge in [0, 0.05) is 29.3 Å². The molecule has 1 unspecified atom stereocenters. The number of aliphatic hydroxyl groups is 1. The molecule has 106 valence electrons. The number of aliphatic hydroxyl groups excluding tert-OH is 1. The number of anilines is 1. The maximum atomic E-state index is 13.2. The Balaban J connectivity index is 2.28. The van der Waals surface area contributed by atoms with Crippen LogP contribution < -0.4 is 4.90 Å². The van der Waals surface area contributed by atoms with Crippen LogP contribution in [-0.2, 0) is 6.54 Å². The number of rotatable bonds is 4. The molecule has 0 aliphatic heterocycles. The van der Waals surface area contributed by atoms with Gasteiger partial charge in [0.2, 0.25) is 0 Å². The van der Waals surface area contributed by atoms with Gasteiger partial charge in [-0.3, -0.25) is 0 Å². The van der Waals surface area contributed by atoms with Crippen molar-refractivity contribution < 1.29 is 9.50 Å².